The van der Waals surface area contributed by atoms with Crippen molar-refractivity contribution < 1.29 is 94.2 Å². The molecule has 12 amide bonds. The van der Waals surface area contributed by atoms with Crippen molar-refractivity contribution in [3.8, 4) is 0 Å². The smallest absolute Gasteiger partial charge is 0.329 e. The topological polar surface area (TPSA) is 349 Å². The summed E-state index contributed by atoms with van der Waals surface area (Å²) in [7, 11) is 2.84. The number of rotatable bonds is 16. The number of aryl methyl sites for hydroxylation is 2. The molecule has 0 radical (unpaired) electrons. The molecular weight excluding hydrogens is 1470 g/mol. The number of hydrogen-bond acceptors (Lipinski definition) is 16. The summed E-state index contributed by atoms with van der Waals surface area (Å²) in [4.78, 5) is 201. The Morgan fingerprint density at radius 2 is 0.779 bits per heavy atom. The SMILES string of the molecule is CCc1ccc(CC(=O)N[C@@H](Cc2cc(F)cc(F)c2)C(=O)N[C@@H]2C(=O)N3CCC[C@H]3C(=O)N(C)[C@@H](C)C(=O)N[C@@H](C)C(=O)N3CCCC3C(=O)O[C@H]2C)cc1.CCc1ccc(CC(=O)N[C@@H](Cc2cc(F)cc(F)c2)C(=O)N[C@@H]2C(=O)N3CCC[C@H]3C(=O)N(C)[C@@H](C)C(=O)N[C@@H](C)C(=O)N3C[C@@H](C)CC3C(=O)O[C@H]2C)cc1. The molecule has 6 N–H and O–H groups in total. The average molecular weight is 1580 g/mol. The fourth-order valence-corrected chi connectivity index (χ4v) is 15.1. The third-order valence-corrected chi connectivity index (χ3v) is 21.9. The van der Waals surface area contributed by atoms with E-state index in [4.69, 9.17) is 9.47 Å². The van der Waals surface area contributed by atoms with Crippen LogP contribution in [0, 0.1) is 29.2 Å². The fourth-order valence-electron chi connectivity index (χ4n) is 15.1. The fraction of sp³-hybridized carbons (Fsp3) is 0.531. The van der Waals surface area contributed by atoms with Gasteiger partial charge in [-0.2, -0.15) is 0 Å². The molecule has 4 aromatic carbocycles. The highest BCUT2D eigenvalue weighted by molar-refractivity contribution is 6.00. The monoisotopic (exact) mass is 1570 g/mol. The van der Waals surface area contributed by atoms with E-state index in [1.165, 1.54) is 85.0 Å². The van der Waals surface area contributed by atoms with Gasteiger partial charge in [0.15, 0.2) is 0 Å². The Morgan fingerprint density at radius 1 is 0.442 bits per heavy atom. The largest absolute Gasteiger partial charge is 0.458 e. The second kappa shape index (κ2) is 38.1. The van der Waals surface area contributed by atoms with Crippen LogP contribution in [-0.2, 0) is 115 Å². The van der Waals surface area contributed by atoms with E-state index in [0.29, 0.717) is 42.5 Å². The summed E-state index contributed by atoms with van der Waals surface area (Å²) in [6.45, 7) is 15.2. The van der Waals surface area contributed by atoms with Gasteiger partial charge in [0.25, 0.3) is 0 Å². The average Bonchev–Trinajstić information content (AvgIpc) is 1.61. The highest BCUT2D eigenvalue weighted by atomic mass is 19.1. The van der Waals surface area contributed by atoms with Gasteiger partial charge in [0.05, 0.1) is 12.8 Å². The molecule has 6 aliphatic rings. The van der Waals surface area contributed by atoms with Crippen molar-refractivity contribution in [1.29, 1.82) is 0 Å². The van der Waals surface area contributed by atoms with E-state index >= 15 is 0 Å². The van der Waals surface area contributed by atoms with Crippen LogP contribution in [0.4, 0.5) is 17.6 Å². The normalized spacial score (nSPS) is 26.2. The van der Waals surface area contributed by atoms with Gasteiger partial charge in [0.1, 0.15) is 108 Å². The second-order valence-electron chi connectivity index (χ2n) is 30.3. The van der Waals surface area contributed by atoms with Crippen LogP contribution in [0.5, 0.6) is 0 Å². The first-order valence-corrected chi connectivity index (χ1v) is 38.6. The lowest BCUT2D eigenvalue weighted by molar-refractivity contribution is -0.163. The summed E-state index contributed by atoms with van der Waals surface area (Å²) in [5, 5.41) is 15.8. The van der Waals surface area contributed by atoms with Gasteiger partial charge in [-0.3, -0.25) is 57.5 Å². The van der Waals surface area contributed by atoms with Crippen molar-refractivity contribution in [2.75, 3.05) is 40.3 Å². The quantitative estimate of drug-likeness (QED) is 0.0692. The van der Waals surface area contributed by atoms with Gasteiger partial charge in [-0.15, -0.1) is 0 Å². The molecule has 0 aromatic heterocycles. The minimum atomic E-state index is -1.61. The molecule has 6 fully saturated rings. The molecule has 28 nitrogen and oxygen atoms in total. The lowest BCUT2D eigenvalue weighted by atomic mass is 10.0. The first-order valence-electron chi connectivity index (χ1n) is 38.6. The van der Waals surface area contributed by atoms with Crippen LogP contribution in [0.2, 0.25) is 0 Å². The van der Waals surface area contributed by atoms with Crippen LogP contribution >= 0.6 is 0 Å². The van der Waals surface area contributed by atoms with E-state index in [-0.39, 0.29) is 94.6 Å². The molecule has 10 rings (SSSR count). The lowest BCUT2D eigenvalue weighted by Gasteiger charge is -2.36. The number of nitrogens with one attached hydrogen (secondary N) is 6. The van der Waals surface area contributed by atoms with Gasteiger partial charge in [-0.25, -0.2) is 27.2 Å². The maximum Gasteiger partial charge on any atom is 0.329 e. The van der Waals surface area contributed by atoms with Crippen molar-refractivity contribution >= 4 is 82.8 Å². The first kappa shape index (κ1) is 86.2. The number of carbonyl (C=O) groups is 14. The Labute approximate surface area is 653 Å². The van der Waals surface area contributed by atoms with E-state index in [0.717, 1.165) is 48.2 Å². The van der Waals surface area contributed by atoms with Crippen molar-refractivity contribution in [3.05, 3.63) is 142 Å². The summed E-state index contributed by atoms with van der Waals surface area (Å²) in [6.07, 6.45) is 0.142. The first-order chi connectivity index (χ1) is 53.5. The summed E-state index contributed by atoms with van der Waals surface area (Å²) >= 11 is 0. The highest BCUT2D eigenvalue weighted by Gasteiger charge is 2.49. The summed E-state index contributed by atoms with van der Waals surface area (Å²) in [6, 6.07) is 5.60. The van der Waals surface area contributed by atoms with E-state index in [1.54, 1.807) is 24.3 Å². The molecule has 610 valence electrons. The Kier molecular flexibility index (Phi) is 29.1. The molecule has 6 heterocycles. The predicted octanol–water partition coefficient (Wildman–Crippen LogP) is 3.37. The highest BCUT2D eigenvalue weighted by Crippen LogP contribution is 2.30. The summed E-state index contributed by atoms with van der Waals surface area (Å²) in [5.74, 6) is -13.3. The molecule has 2 unspecified atom stereocenters. The number of cyclic esters (lactones) is 2. The maximum atomic E-state index is 14.5. The molecule has 6 aliphatic heterocycles. The Morgan fingerprint density at radius 3 is 1.15 bits per heavy atom. The Bertz CT molecular complexity index is 4210. The van der Waals surface area contributed by atoms with E-state index in [1.807, 2.05) is 45.0 Å². The van der Waals surface area contributed by atoms with Gasteiger partial charge in [-0.1, -0.05) is 69.3 Å². The van der Waals surface area contributed by atoms with Crippen molar-refractivity contribution in [1.82, 2.24) is 61.3 Å². The van der Waals surface area contributed by atoms with Gasteiger partial charge in [0.2, 0.25) is 70.9 Å². The minimum Gasteiger partial charge on any atom is -0.458 e. The standard InChI is InChI=1S/C41H52F2N6O8.C40H50F2N6O8/c1-7-26-10-12-27(13-11-26)19-34(50)45-31(18-28-16-29(42)20-30(43)17-28)37(52)46-35-25(5)57-41(56)33-15-22(2)21-49(33)38(53)23(3)44-36(51)24(4)47(6)39(54)32-9-8-14-48(32)40(35)55;1-6-25-11-13-26(14-12-25)20-33(49)44-30(19-27-17-28(41)21-29(42)18-27)36(51)45-34-24(4)56-40(55)32-10-8-16-48(32)37(52)22(2)43-35(50)23(3)46(5)38(53)31-9-7-15-47(31)39(34)54/h10-13,16-17,20,22-25,31-33,35H,7-9,14-15,18-19,21H2,1-6H3,(H,44,51)(H,45,50)(H,46,52);11-14,17-18,21-24,30-32,34H,6-10,15-16,19-20H2,1-5H3,(H,43,50)(H,44,49)(H,45,51)/t22-,23-,24-,25-,31-,32-,33?,35-;22-,23-,24-,30-,31-,32?,34-/m00/s1. The lowest BCUT2D eigenvalue weighted by Crippen LogP contribution is -2.62. The van der Waals surface area contributed by atoms with Crippen molar-refractivity contribution in [2.24, 2.45) is 5.92 Å². The number of halogens is 4. The van der Waals surface area contributed by atoms with E-state index < -0.39 is 191 Å². The molecule has 6 saturated heterocycles. The van der Waals surface area contributed by atoms with Crippen LogP contribution in [-0.4, -0.2) is 237 Å². The van der Waals surface area contributed by atoms with E-state index in [2.05, 4.69) is 31.9 Å². The zero-order chi connectivity index (χ0) is 82.6. The zero-order valence-electron chi connectivity index (χ0n) is 65.5. The van der Waals surface area contributed by atoms with Gasteiger partial charge < -0.3 is 70.8 Å². The maximum absolute atomic E-state index is 14.5. The Balaban J connectivity index is 0.000000259. The number of benzene rings is 4. The molecule has 32 heteroatoms. The number of nitrogens with zero attached hydrogens (tertiary/aromatic N) is 6. The molecule has 0 bridgehead atoms. The summed E-state index contributed by atoms with van der Waals surface area (Å²) < 4.78 is 68.9. The molecular formula is C81H102F4N12O16. The van der Waals surface area contributed by atoms with Gasteiger partial charge >= 0.3 is 11.9 Å². The van der Waals surface area contributed by atoms with Crippen LogP contribution < -0.4 is 31.9 Å². The van der Waals surface area contributed by atoms with Gasteiger partial charge in [0, 0.05) is 65.2 Å². The second-order valence-corrected chi connectivity index (χ2v) is 30.3. The predicted molar refractivity (Wildman–Crippen MR) is 401 cm³/mol. The molecule has 0 saturated carbocycles. The number of fused-ring (bicyclic) bond motifs is 4. The number of carbonyl (C=O) groups excluding carboxylic acids is 14. The number of likely N-dealkylation sites (N-methyl/N-ethyl adjacent to an activating group) is 2. The van der Waals surface area contributed by atoms with Gasteiger partial charge in [-0.05, 0) is 163 Å². The van der Waals surface area contributed by atoms with Crippen LogP contribution in [0.1, 0.15) is 141 Å². The van der Waals surface area contributed by atoms with Crippen LogP contribution in [0.25, 0.3) is 0 Å². The van der Waals surface area contributed by atoms with Crippen molar-refractivity contribution in [2.45, 2.75) is 230 Å². The number of ether oxygens (including phenoxy) is 2. The number of esters is 2. The van der Waals surface area contributed by atoms with Crippen LogP contribution in [0.3, 0.4) is 0 Å². The summed E-state index contributed by atoms with van der Waals surface area (Å²) in [5.41, 5.74) is 3.51. The molecule has 0 spiro atoms. The molecule has 0 aliphatic carbocycles. The van der Waals surface area contributed by atoms with Crippen molar-refractivity contribution in [3.63, 3.8) is 0 Å². The number of amides is 12. The Hall–Kier alpha value is -10.8. The number of hydrogen-bond donors (Lipinski definition) is 6. The molecule has 113 heavy (non-hydrogen) atoms. The minimum absolute atomic E-state index is 0.0461. The van der Waals surface area contributed by atoms with E-state index in [9.17, 15) is 84.7 Å². The molecule has 15 atom stereocenters. The van der Waals surface area contributed by atoms with Crippen LogP contribution in [0.15, 0.2) is 84.9 Å². The third kappa shape index (κ3) is 21.5. The zero-order valence-corrected chi connectivity index (χ0v) is 65.5. The molecule has 4 aromatic rings. The third-order valence-electron chi connectivity index (χ3n) is 21.9.